The summed E-state index contributed by atoms with van der Waals surface area (Å²) in [7, 11) is 0. The van der Waals surface area contributed by atoms with Gasteiger partial charge >= 0.3 is 0 Å². The summed E-state index contributed by atoms with van der Waals surface area (Å²) < 4.78 is 0.805. The molecule has 6 heteroatoms. The number of aliphatic hydroxyl groups is 1. The number of nitrogens with zero attached hydrogens (tertiary/aromatic N) is 1. The molecule has 0 aromatic heterocycles. The Morgan fingerprint density at radius 2 is 2.28 bits per heavy atom. The first-order chi connectivity index (χ1) is 8.54. The van der Waals surface area contributed by atoms with Crippen molar-refractivity contribution in [3.05, 3.63) is 32.8 Å². The van der Waals surface area contributed by atoms with Gasteiger partial charge in [0.15, 0.2) is 0 Å². The third-order valence-corrected chi connectivity index (χ3v) is 3.15. The van der Waals surface area contributed by atoms with Crippen LogP contribution in [0.3, 0.4) is 0 Å². The first kappa shape index (κ1) is 14.9. The van der Waals surface area contributed by atoms with Gasteiger partial charge in [-0.05, 0) is 30.9 Å². The monoisotopic (exact) mass is 316 g/mol. The van der Waals surface area contributed by atoms with Gasteiger partial charge in [0.2, 0.25) is 0 Å². The maximum atomic E-state index is 10.8. The predicted molar refractivity (Wildman–Crippen MR) is 74.8 cm³/mol. The summed E-state index contributed by atoms with van der Waals surface area (Å²) in [6, 6.07) is 4.83. The molecule has 0 spiro atoms. The van der Waals surface area contributed by atoms with Crippen molar-refractivity contribution < 1.29 is 10.0 Å². The number of nitrogens with one attached hydrogen (secondary N) is 1. The van der Waals surface area contributed by atoms with E-state index in [0.29, 0.717) is 12.2 Å². The zero-order valence-electron chi connectivity index (χ0n) is 10.2. The zero-order valence-corrected chi connectivity index (χ0v) is 11.8. The van der Waals surface area contributed by atoms with Gasteiger partial charge in [-0.1, -0.05) is 22.9 Å². The van der Waals surface area contributed by atoms with E-state index in [2.05, 4.69) is 21.2 Å². The normalized spacial score (nSPS) is 12.2. The molecule has 100 valence electrons. The third kappa shape index (κ3) is 4.62. The summed E-state index contributed by atoms with van der Waals surface area (Å²) in [5.74, 6) is 0.268. The SMILES string of the molecule is CC(CO)CCCNc1cc(Br)ccc1[N+](=O)[O-]. The number of aliphatic hydroxyl groups excluding tert-OH is 1. The summed E-state index contributed by atoms with van der Waals surface area (Å²) in [5, 5.41) is 22.8. The molecule has 0 heterocycles. The van der Waals surface area contributed by atoms with Crippen molar-refractivity contribution in [2.75, 3.05) is 18.5 Å². The average molecular weight is 317 g/mol. The predicted octanol–water partition coefficient (Wildman–Crippen LogP) is 3.18. The van der Waals surface area contributed by atoms with E-state index in [1.54, 1.807) is 12.1 Å². The highest BCUT2D eigenvalue weighted by Gasteiger charge is 2.13. The summed E-state index contributed by atoms with van der Waals surface area (Å²) >= 11 is 3.29. The van der Waals surface area contributed by atoms with Crippen molar-refractivity contribution in [3.8, 4) is 0 Å². The Bertz CT molecular complexity index is 412. The first-order valence-corrected chi connectivity index (χ1v) is 6.62. The molecule has 0 fully saturated rings. The van der Waals surface area contributed by atoms with Crippen LogP contribution >= 0.6 is 15.9 Å². The zero-order chi connectivity index (χ0) is 13.5. The number of nitro benzene ring substituents is 1. The Labute approximate surface area is 114 Å². The van der Waals surface area contributed by atoms with E-state index in [9.17, 15) is 10.1 Å². The van der Waals surface area contributed by atoms with Crippen molar-refractivity contribution in [2.24, 2.45) is 5.92 Å². The largest absolute Gasteiger partial charge is 0.396 e. The minimum Gasteiger partial charge on any atom is -0.396 e. The molecule has 0 saturated heterocycles. The second-order valence-electron chi connectivity index (χ2n) is 4.28. The van der Waals surface area contributed by atoms with Crippen LogP contribution in [0.5, 0.6) is 0 Å². The topological polar surface area (TPSA) is 75.4 Å². The summed E-state index contributed by atoms with van der Waals surface area (Å²) in [5.41, 5.74) is 0.597. The molecule has 0 aliphatic carbocycles. The lowest BCUT2D eigenvalue weighted by Gasteiger charge is -2.10. The van der Waals surface area contributed by atoms with Crippen LogP contribution in [0, 0.1) is 16.0 Å². The molecule has 0 aliphatic heterocycles. The van der Waals surface area contributed by atoms with Crippen molar-refractivity contribution in [2.45, 2.75) is 19.8 Å². The van der Waals surface area contributed by atoms with Crippen molar-refractivity contribution in [1.82, 2.24) is 0 Å². The van der Waals surface area contributed by atoms with Crippen LogP contribution in [0.1, 0.15) is 19.8 Å². The number of halogens is 1. The molecule has 0 bridgehead atoms. The van der Waals surface area contributed by atoms with Crippen LogP contribution in [-0.2, 0) is 0 Å². The fourth-order valence-electron chi connectivity index (χ4n) is 1.57. The number of hydrogen-bond donors (Lipinski definition) is 2. The Hall–Kier alpha value is -1.14. The van der Waals surface area contributed by atoms with E-state index in [-0.39, 0.29) is 18.2 Å². The maximum absolute atomic E-state index is 10.8. The van der Waals surface area contributed by atoms with Gasteiger partial charge in [0.05, 0.1) is 4.92 Å². The quantitative estimate of drug-likeness (QED) is 0.460. The second-order valence-corrected chi connectivity index (χ2v) is 5.19. The van der Waals surface area contributed by atoms with Crippen LogP contribution in [0.4, 0.5) is 11.4 Å². The number of hydrogen-bond acceptors (Lipinski definition) is 4. The number of anilines is 1. The van der Waals surface area contributed by atoms with Crippen LogP contribution in [-0.4, -0.2) is 23.2 Å². The van der Waals surface area contributed by atoms with Gasteiger partial charge < -0.3 is 10.4 Å². The molecule has 18 heavy (non-hydrogen) atoms. The van der Waals surface area contributed by atoms with Crippen LogP contribution in [0.2, 0.25) is 0 Å². The number of nitro groups is 1. The first-order valence-electron chi connectivity index (χ1n) is 5.83. The van der Waals surface area contributed by atoms with Gasteiger partial charge in [-0.3, -0.25) is 10.1 Å². The minimum atomic E-state index is -0.398. The summed E-state index contributed by atoms with van der Waals surface area (Å²) in [6.07, 6.45) is 1.76. The van der Waals surface area contributed by atoms with E-state index in [1.807, 2.05) is 6.92 Å². The maximum Gasteiger partial charge on any atom is 0.292 e. The Balaban J connectivity index is 2.55. The van der Waals surface area contributed by atoms with Gasteiger partial charge in [-0.15, -0.1) is 0 Å². The highest BCUT2D eigenvalue weighted by Crippen LogP contribution is 2.27. The molecule has 2 N–H and O–H groups in total. The Morgan fingerprint density at radius 1 is 1.56 bits per heavy atom. The lowest BCUT2D eigenvalue weighted by atomic mass is 10.1. The smallest absolute Gasteiger partial charge is 0.292 e. The molecule has 0 radical (unpaired) electrons. The molecule has 0 aliphatic rings. The van der Waals surface area contributed by atoms with E-state index < -0.39 is 4.92 Å². The van der Waals surface area contributed by atoms with Gasteiger partial charge in [0.1, 0.15) is 5.69 Å². The van der Waals surface area contributed by atoms with E-state index >= 15 is 0 Å². The van der Waals surface area contributed by atoms with Crippen molar-refractivity contribution >= 4 is 27.3 Å². The van der Waals surface area contributed by atoms with Gasteiger partial charge in [0.25, 0.3) is 5.69 Å². The second kappa shape index (κ2) is 7.33. The fraction of sp³-hybridized carbons (Fsp3) is 0.500. The summed E-state index contributed by atoms with van der Waals surface area (Å²) in [6.45, 7) is 2.81. The van der Waals surface area contributed by atoms with Crippen LogP contribution in [0.25, 0.3) is 0 Å². The molecule has 1 aromatic rings. The molecule has 0 amide bonds. The average Bonchev–Trinajstić information content (AvgIpc) is 2.34. The van der Waals surface area contributed by atoms with Gasteiger partial charge in [0, 0.05) is 23.7 Å². The van der Waals surface area contributed by atoms with Crippen molar-refractivity contribution in [1.29, 1.82) is 0 Å². The Morgan fingerprint density at radius 3 is 2.89 bits per heavy atom. The molecule has 5 nitrogen and oxygen atoms in total. The fourth-order valence-corrected chi connectivity index (χ4v) is 1.94. The minimum absolute atomic E-state index is 0.0772. The molecule has 1 aromatic carbocycles. The highest BCUT2D eigenvalue weighted by molar-refractivity contribution is 9.10. The van der Waals surface area contributed by atoms with Gasteiger partial charge in [-0.25, -0.2) is 0 Å². The Kier molecular flexibility index (Phi) is 6.07. The molecule has 0 saturated carbocycles. The molecule has 1 rings (SSSR count). The van der Waals surface area contributed by atoms with Crippen LogP contribution in [0.15, 0.2) is 22.7 Å². The lowest BCUT2D eigenvalue weighted by Crippen LogP contribution is -2.07. The lowest BCUT2D eigenvalue weighted by molar-refractivity contribution is -0.384. The number of rotatable bonds is 7. The van der Waals surface area contributed by atoms with E-state index in [0.717, 1.165) is 17.3 Å². The summed E-state index contributed by atoms with van der Waals surface area (Å²) in [4.78, 5) is 10.4. The molecular weight excluding hydrogens is 300 g/mol. The molecule has 1 atom stereocenters. The van der Waals surface area contributed by atoms with E-state index in [4.69, 9.17) is 5.11 Å². The molecular formula is C12H17BrN2O3. The molecule has 1 unspecified atom stereocenters. The van der Waals surface area contributed by atoms with Crippen molar-refractivity contribution in [3.63, 3.8) is 0 Å². The third-order valence-electron chi connectivity index (χ3n) is 2.66. The van der Waals surface area contributed by atoms with Gasteiger partial charge in [-0.2, -0.15) is 0 Å². The standard InChI is InChI=1S/C12H17BrN2O3/c1-9(8-16)3-2-6-14-11-7-10(13)4-5-12(11)15(17)18/h4-5,7,9,14,16H,2-3,6,8H2,1H3. The number of benzene rings is 1. The van der Waals surface area contributed by atoms with E-state index in [1.165, 1.54) is 6.07 Å². The highest BCUT2D eigenvalue weighted by atomic mass is 79.9. The van der Waals surface area contributed by atoms with Crippen LogP contribution < -0.4 is 5.32 Å².